The van der Waals surface area contributed by atoms with Crippen molar-refractivity contribution in [3.8, 4) is 0 Å². The van der Waals surface area contributed by atoms with Crippen molar-refractivity contribution in [2.24, 2.45) is 5.92 Å². The van der Waals surface area contributed by atoms with Crippen LogP contribution in [0, 0.1) is 5.92 Å². The molecule has 0 aromatic carbocycles. The summed E-state index contributed by atoms with van der Waals surface area (Å²) in [7, 11) is 0. The van der Waals surface area contributed by atoms with Gasteiger partial charge in [-0.05, 0) is 38.8 Å². The van der Waals surface area contributed by atoms with Crippen LogP contribution in [0.1, 0.15) is 26.7 Å². The average Bonchev–Trinajstić information content (AvgIpc) is 2.02. The molecule has 1 nitrogen and oxygen atoms in total. The first-order chi connectivity index (χ1) is 5.86. The Bertz CT molecular complexity index is 175. The Morgan fingerprint density at radius 1 is 1.50 bits per heavy atom. The molecule has 1 N–H and O–H groups in total. The Morgan fingerprint density at radius 3 is 2.67 bits per heavy atom. The molecule has 0 unspecified atom stereocenters. The first kappa shape index (κ1) is 9.53. The van der Waals surface area contributed by atoms with E-state index in [0.717, 1.165) is 12.3 Å². The van der Waals surface area contributed by atoms with Gasteiger partial charge >= 0.3 is 0 Å². The fourth-order valence-corrected chi connectivity index (χ4v) is 1.38. The van der Waals surface area contributed by atoms with Gasteiger partial charge in [0.25, 0.3) is 0 Å². The van der Waals surface area contributed by atoms with Gasteiger partial charge in [0.1, 0.15) is 0 Å². The quantitative estimate of drug-likeness (QED) is 0.631. The van der Waals surface area contributed by atoms with E-state index >= 15 is 0 Å². The summed E-state index contributed by atoms with van der Waals surface area (Å²) < 4.78 is 0. The van der Waals surface area contributed by atoms with Gasteiger partial charge in [-0.2, -0.15) is 0 Å². The zero-order chi connectivity index (χ0) is 8.81. The normalized spacial score (nSPS) is 20.0. The molecule has 68 valence electrons. The molecule has 1 heteroatoms. The molecule has 1 heterocycles. The summed E-state index contributed by atoms with van der Waals surface area (Å²) >= 11 is 0. The second-order valence-corrected chi connectivity index (χ2v) is 3.40. The average molecular weight is 165 g/mol. The Morgan fingerprint density at radius 2 is 2.25 bits per heavy atom. The molecule has 0 atom stereocenters. The molecule has 0 aromatic rings. The molecule has 0 aliphatic carbocycles. The highest BCUT2D eigenvalue weighted by atomic mass is 14.9. The van der Waals surface area contributed by atoms with Crippen molar-refractivity contribution in [2.45, 2.75) is 26.7 Å². The number of hydrogen-bond donors (Lipinski definition) is 1. The maximum Gasteiger partial charge on any atom is -0.000506 e. The minimum absolute atomic E-state index is 0.887. The van der Waals surface area contributed by atoms with Gasteiger partial charge in [0, 0.05) is 0 Å². The molecular weight excluding hydrogens is 146 g/mol. The fraction of sp³-hybridized carbons (Fsp3) is 0.636. The highest BCUT2D eigenvalue weighted by molar-refractivity contribution is 5.18. The Labute approximate surface area is 75.6 Å². The summed E-state index contributed by atoms with van der Waals surface area (Å²) in [6.07, 6.45) is 9.12. The molecule has 1 aliphatic rings. The van der Waals surface area contributed by atoms with Crippen LogP contribution in [-0.2, 0) is 0 Å². The topological polar surface area (TPSA) is 12.0 Å². The lowest BCUT2D eigenvalue weighted by atomic mass is 9.94. The molecule has 0 amide bonds. The zero-order valence-corrected chi connectivity index (χ0v) is 8.14. The molecule has 0 radical (unpaired) electrons. The first-order valence-corrected chi connectivity index (χ1v) is 4.89. The third-order valence-corrected chi connectivity index (χ3v) is 2.33. The van der Waals surface area contributed by atoms with Gasteiger partial charge in [-0.1, -0.05) is 30.7 Å². The third-order valence-electron chi connectivity index (χ3n) is 2.33. The van der Waals surface area contributed by atoms with Crippen LogP contribution < -0.4 is 5.32 Å². The molecule has 0 spiro atoms. The monoisotopic (exact) mass is 165 g/mol. The lowest BCUT2D eigenvalue weighted by Crippen LogP contribution is -2.41. The standard InChI is InChI=1S/C11H19N/c1-3-5-6-10(4-2)7-11-8-12-9-11/h4-6,11-12H,3,7-9H2,1-2H3/b6-5-,10-4+. The molecule has 1 aliphatic heterocycles. The van der Waals surface area contributed by atoms with E-state index in [1.807, 2.05) is 0 Å². The minimum atomic E-state index is 0.887. The second kappa shape index (κ2) is 5.15. The largest absolute Gasteiger partial charge is 0.316 e. The minimum Gasteiger partial charge on any atom is -0.316 e. The second-order valence-electron chi connectivity index (χ2n) is 3.40. The van der Waals surface area contributed by atoms with Gasteiger partial charge < -0.3 is 5.32 Å². The van der Waals surface area contributed by atoms with Gasteiger partial charge in [-0.25, -0.2) is 0 Å². The van der Waals surface area contributed by atoms with E-state index in [0.29, 0.717) is 0 Å². The van der Waals surface area contributed by atoms with E-state index in [9.17, 15) is 0 Å². The van der Waals surface area contributed by atoms with Crippen molar-refractivity contribution in [1.82, 2.24) is 5.32 Å². The summed E-state index contributed by atoms with van der Waals surface area (Å²) in [4.78, 5) is 0. The molecule has 1 fully saturated rings. The molecule has 0 bridgehead atoms. The van der Waals surface area contributed by atoms with Crippen molar-refractivity contribution >= 4 is 0 Å². The Kier molecular flexibility index (Phi) is 4.09. The van der Waals surface area contributed by atoms with Crippen molar-refractivity contribution in [1.29, 1.82) is 0 Å². The molecule has 0 aromatic heterocycles. The van der Waals surface area contributed by atoms with Gasteiger partial charge in [-0.15, -0.1) is 0 Å². The van der Waals surface area contributed by atoms with Gasteiger partial charge in [-0.3, -0.25) is 0 Å². The maximum atomic E-state index is 3.30. The van der Waals surface area contributed by atoms with Crippen LogP contribution in [-0.4, -0.2) is 13.1 Å². The number of hydrogen-bond acceptors (Lipinski definition) is 1. The number of nitrogens with one attached hydrogen (secondary N) is 1. The van der Waals surface area contributed by atoms with Crippen LogP contribution in [0.5, 0.6) is 0 Å². The Balaban J connectivity index is 2.30. The summed E-state index contributed by atoms with van der Waals surface area (Å²) in [5.41, 5.74) is 1.49. The van der Waals surface area contributed by atoms with Crippen molar-refractivity contribution in [2.75, 3.05) is 13.1 Å². The van der Waals surface area contributed by atoms with Crippen LogP contribution in [0.2, 0.25) is 0 Å². The van der Waals surface area contributed by atoms with E-state index in [1.54, 1.807) is 0 Å². The zero-order valence-electron chi connectivity index (χ0n) is 8.14. The summed E-state index contributed by atoms with van der Waals surface area (Å²) in [6, 6.07) is 0. The van der Waals surface area contributed by atoms with Crippen LogP contribution >= 0.6 is 0 Å². The summed E-state index contributed by atoms with van der Waals surface area (Å²) in [6.45, 7) is 6.71. The van der Waals surface area contributed by atoms with Gasteiger partial charge in [0.05, 0.1) is 0 Å². The van der Waals surface area contributed by atoms with E-state index in [2.05, 4.69) is 37.4 Å². The first-order valence-electron chi connectivity index (χ1n) is 4.89. The van der Waals surface area contributed by atoms with Gasteiger partial charge in [0.15, 0.2) is 0 Å². The third kappa shape index (κ3) is 2.82. The fourth-order valence-electron chi connectivity index (χ4n) is 1.38. The van der Waals surface area contributed by atoms with E-state index in [4.69, 9.17) is 0 Å². The van der Waals surface area contributed by atoms with Crippen molar-refractivity contribution in [3.63, 3.8) is 0 Å². The lowest BCUT2D eigenvalue weighted by Gasteiger charge is -2.27. The molecule has 1 saturated heterocycles. The molecular formula is C11H19N. The maximum absolute atomic E-state index is 3.30. The highest BCUT2D eigenvalue weighted by Gasteiger charge is 2.16. The van der Waals surface area contributed by atoms with Crippen LogP contribution in [0.25, 0.3) is 0 Å². The predicted molar refractivity (Wildman–Crippen MR) is 54.2 cm³/mol. The van der Waals surface area contributed by atoms with Gasteiger partial charge in [0.2, 0.25) is 0 Å². The highest BCUT2D eigenvalue weighted by Crippen LogP contribution is 2.16. The van der Waals surface area contributed by atoms with E-state index in [1.165, 1.54) is 25.1 Å². The van der Waals surface area contributed by atoms with E-state index in [-0.39, 0.29) is 0 Å². The summed E-state index contributed by atoms with van der Waals surface area (Å²) in [5.74, 6) is 0.887. The van der Waals surface area contributed by atoms with Crippen LogP contribution in [0.3, 0.4) is 0 Å². The molecule has 0 saturated carbocycles. The van der Waals surface area contributed by atoms with E-state index < -0.39 is 0 Å². The Hall–Kier alpha value is -0.560. The van der Waals surface area contributed by atoms with Crippen molar-refractivity contribution in [3.05, 3.63) is 23.8 Å². The number of allylic oxidation sites excluding steroid dienone is 4. The molecule has 1 rings (SSSR count). The summed E-state index contributed by atoms with van der Waals surface area (Å²) in [5, 5.41) is 3.30. The lowest BCUT2D eigenvalue weighted by molar-refractivity contribution is 0.347. The van der Waals surface area contributed by atoms with Crippen molar-refractivity contribution < 1.29 is 0 Å². The predicted octanol–water partition coefficient (Wildman–Crippen LogP) is 2.51. The SMILES string of the molecule is C/C=C(\C=C/CC)CC1CNC1. The van der Waals surface area contributed by atoms with Crippen LogP contribution in [0.15, 0.2) is 23.8 Å². The smallest absolute Gasteiger partial charge is 0.000506 e. The number of rotatable bonds is 4. The van der Waals surface area contributed by atoms with Crippen LogP contribution in [0.4, 0.5) is 0 Å². The molecule has 12 heavy (non-hydrogen) atoms.